The maximum atomic E-state index is 11.0. The van der Waals surface area contributed by atoms with Crippen molar-refractivity contribution < 1.29 is 4.79 Å². The number of carbonyl (C=O) groups is 1. The van der Waals surface area contributed by atoms with Crippen LogP contribution in [0.25, 0.3) is 0 Å². The normalized spacial score (nSPS) is 9.75. The summed E-state index contributed by atoms with van der Waals surface area (Å²) in [4.78, 5) is 15.0. The minimum atomic E-state index is -0.185. The van der Waals surface area contributed by atoms with Crippen molar-refractivity contribution in [2.45, 2.75) is 0 Å². The SMILES string of the molecule is CNC(=O)CNc1nc(NN)c(Cl)cc1Cl. The van der Waals surface area contributed by atoms with Crippen LogP contribution in [0.5, 0.6) is 0 Å². The lowest BCUT2D eigenvalue weighted by atomic mass is 10.4. The van der Waals surface area contributed by atoms with Crippen molar-refractivity contribution in [3.63, 3.8) is 0 Å². The second-order valence-corrected chi connectivity index (χ2v) is 3.63. The first-order valence-electron chi connectivity index (χ1n) is 4.35. The Morgan fingerprint density at radius 3 is 2.62 bits per heavy atom. The van der Waals surface area contributed by atoms with Gasteiger partial charge >= 0.3 is 0 Å². The van der Waals surface area contributed by atoms with Crippen molar-refractivity contribution in [3.8, 4) is 0 Å². The molecule has 0 saturated heterocycles. The molecule has 0 fully saturated rings. The van der Waals surface area contributed by atoms with E-state index < -0.39 is 0 Å². The van der Waals surface area contributed by atoms with Gasteiger partial charge in [0.1, 0.15) is 5.82 Å². The number of amides is 1. The molecule has 5 N–H and O–H groups in total. The molecule has 8 heteroatoms. The lowest BCUT2D eigenvalue weighted by Gasteiger charge is -2.09. The zero-order valence-corrected chi connectivity index (χ0v) is 9.99. The van der Waals surface area contributed by atoms with Gasteiger partial charge < -0.3 is 16.1 Å². The maximum Gasteiger partial charge on any atom is 0.239 e. The molecule has 1 aromatic rings. The van der Waals surface area contributed by atoms with Gasteiger partial charge in [0.2, 0.25) is 5.91 Å². The first-order valence-corrected chi connectivity index (χ1v) is 5.11. The molecule has 16 heavy (non-hydrogen) atoms. The van der Waals surface area contributed by atoms with E-state index in [1.807, 2.05) is 0 Å². The van der Waals surface area contributed by atoms with E-state index in [9.17, 15) is 4.79 Å². The molecule has 0 bridgehead atoms. The summed E-state index contributed by atoms with van der Waals surface area (Å²) in [5.41, 5.74) is 2.32. The highest BCUT2D eigenvalue weighted by Gasteiger charge is 2.09. The van der Waals surface area contributed by atoms with Gasteiger partial charge in [0.25, 0.3) is 0 Å². The summed E-state index contributed by atoms with van der Waals surface area (Å²) in [5, 5.41) is 5.83. The number of nitrogens with two attached hydrogens (primary N) is 1. The third-order valence-electron chi connectivity index (χ3n) is 1.76. The number of hydrogen-bond acceptors (Lipinski definition) is 5. The van der Waals surface area contributed by atoms with Crippen molar-refractivity contribution in [3.05, 3.63) is 16.1 Å². The van der Waals surface area contributed by atoms with Crippen LogP contribution in [0.2, 0.25) is 10.0 Å². The molecule has 0 atom stereocenters. The van der Waals surface area contributed by atoms with E-state index in [1.165, 1.54) is 13.1 Å². The number of anilines is 2. The Hall–Kier alpha value is -1.24. The zero-order chi connectivity index (χ0) is 12.1. The molecule has 1 amide bonds. The minimum Gasteiger partial charge on any atom is -0.360 e. The molecular weight excluding hydrogens is 253 g/mol. The fraction of sp³-hybridized carbons (Fsp3) is 0.250. The van der Waals surface area contributed by atoms with Crippen molar-refractivity contribution in [1.29, 1.82) is 0 Å². The second-order valence-electron chi connectivity index (χ2n) is 2.82. The summed E-state index contributed by atoms with van der Waals surface area (Å²) < 4.78 is 0. The number of pyridine rings is 1. The van der Waals surface area contributed by atoms with E-state index in [1.54, 1.807) is 0 Å². The number of halogens is 2. The monoisotopic (exact) mass is 263 g/mol. The molecule has 0 radical (unpaired) electrons. The van der Waals surface area contributed by atoms with Crippen LogP contribution in [0, 0.1) is 0 Å². The predicted molar refractivity (Wildman–Crippen MR) is 64.6 cm³/mol. The summed E-state index contributed by atoms with van der Waals surface area (Å²) in [5.74, 6) is 5.64. The molecule has 0 unspecified atom stereocenters. The van der Waals surface area contributed by atoms with Gasteiger partial charge in [-0.05, 0) is 6.07 Å². The molecule has 0 aliphatic heterocycles. The van der Waals surface area contributed by atoms with Gasteiger partial charge in [-0.25, -0.2) is 10.8 Å². The smallest absolute Gasteiger partial charge is 0.239 e. The number of hydrazine groups is 1. The summed E-state index contributed by atoms with van der Waals surface area (Å²) in [6, 6.07) is 1.48. The van der Waals surface area contributed by atoms with E-state index in [0.717, 1.165) is 0 Å². The third kappa shape index (κ3) is 3.13. The summed E-state index contributed by atoms with van der Waals surface area (Å²) in [6.45, 7) is 0.0643. The average Bonchev–Trinajstić information content (AvgIpc) is 2.27. The fourth-order valence-electron chi connectivity index (χ4n) is 0.944. The molecule has 1 rings (SSSR count). The Balaban J connectivity index is 2.83. The van der Waals surface area contributed by atoms with Crippen molar-refractivity contribution in [2.24, 2.45) is 5.84 Å². The highest BCUT2D eigenvalue weighted by atomic mass is 35.5. The number of carbonyl (C=O) groups excluding carboxylic acids is 1. The molecular formula is C8H11Cl2N5O. The third-order valence-corrected chi connectivity index (χ3v) is 2.34. The van der Waals surface area contributed by atoms with Crippen LogP contribution < -0.4 is 21.9 Å². The highest BCUT2D eigenvalue weighted by Crippen LogP contribution is 2.28. The molecule has 0 saturated carbocycles. The Morgan fingerprint density at radius 1 is 1.44 bits per heavy atom. The first kappa shape index (κ1) is 12.8. The van der Waals surface area contributed by atoms with Crippen molar-refractivity contribution in [1.82, 2.24) is 10.3 Å². The Morgan fingerprint density at radius 2 is 2.06 bits per heavy atom. The largest absolute Gasteiger partial charge is 0.360 e. The lowest BCUT2D eigenvalue weighted by Crippen LogP contribution is -2.26. The standard InChI is InChI=1S/C8H11Cl2N5O/c1-12-6(16)3-13-7-4(9)2-5(10)8(14-7)15-11/h2H,3,11H2,1H3,(H,12,16)(H2,13,14,15). The molecule has 0 aliphatic carbocycles. The number of rotatable bonds is 4. The molecule has 88 valence electrons. The van der Waals surface area contributed by atoms with Gasteiger partial charge in [-0.3, -0.25) is 4.79 Å². The first-order chi connectivity index (χ1) is 7.58. The summed E-state index contributed by atoms with van der Waals surface area (Å²) in [7, 11) is 1.54. The van der Waals surface area contributed by atoms with E-state index >= 15 is 0 Å². The topological polar surface area (TPSA) is 92.1 Å². The van der Waals surface area contributed by atoms with Crippen LogP contribution in [-0.2, 0) is 4.79 Å². The van der Waals surface area contributed by atoms with E-state index in [-0.39, 0.29) is 18.3 Å². The van der Waals surface area contributed by atoms with Crippen LogP contribution in [0.4, 0.5) is 11.6 Å². The quantitative estimate of drug-likeness (QED) is 0.477. The molecule has 1 aromatic heterocycles. The fourth-order valence-corrected chi connectivity index (χ4v) is 1.42. The minimum absolute atomic E-state index is 0.0643. The molecule has 0 aromatic carbocycles. The Bertz CT molecular complexity index is 398. The van der Waals surface area contributed by atoms with Crippen molar-refractivity contribution >= 4 is 40.7 Å². The number of aromatic nitrogens is 1. The van der Waals surface area contributed by atoms with E-state index in [4.69, 9.17) is 29.0 Å². The molecule has 0 aliphatic rings. The van der Waals surface area contributed by atoms with Crippen LogP contribution in [0.3, 0.4) is 0 Å². The number of nitrogen functional groups attached to an aromatic ring is 1. The zero-order valence-electron chi connectivity index (χ0n) is 8.47. The number of hydrogen-bond donors (Lipinski definition) is 4. The van der Waals surface area contributed by atoms with Gasteiger partial charge in [0.05, 0.1) is 16.6 Å². The van der Waals surface area contributed by atoms with Gasteiger partial charge in [-0.2, -0.15) is 0 Å². The van der Waals surface area contributed by atoms with Gasteiger partial charge in [0.15, 0.2) is 5.82 Å². The van der Waals surface area contributed by atoms with Gasteiger partial charge in [-0.15, -0.1) is 0 Å². The number of nitrogens with zero attached hydrogens (tertiary/aromatic N) is 1. The van der Waals surface area contributed by atoms with Crippen LogP contribution >= 0.6 is 23.2 Å². The molecule has 6 nitrogen and oxygen atoms in total. The van der Waals surface area contributed by atoms with Gasteiger partial charge in [0, 0.05) is 7.05 Å². The average molecular weight is 264 g/mol. The van der Waals surface area contributed by atoms with Gasteiger partial charge in [-0.1, -0.05) is 23.2 Å². The van der Waals surface area contributed by atoms with E-state index in [0.29, 0.717) is 15.9 Å². The Labute approximate surface area is 102 Å². The second kappa shape index (κ2) is 5.74. The van der Waals surface area contributed by atoms with Crippen LogP contribution in [0.1, 0.15) is 0 Å². The summed E-state index contributed by atoms with van der Waals surface area (Å²) in [6.07, 6.45) is 0. The Kier molecular flexibility index (Phi) is 4.60. The highest BCUT2D eigenvalue weighted by molar-refractivity contribution is 6.37. The number of likely N-dealkylation sites (N-methyl/N-ethyl adjacent to an activating group) is 1. The number of nitrogens with one attached hydrogen (secondary N) is 3. The predicted octanol–water partition coefficient (Wildman–Crippen LogP) is 0.832. The summed E-state index contributed by atoms with van der Waals surface area (Å²) >= 11 is 11.7. The van der Waals surface area contributed by atoms with Crippen molar-refractivity contribution in [2.75, 3.05) is 24.3 Å². The van der Waals surface area contributed by atoms with Crippen LogP contribution in [0.15, 0.2) is 6.07 Å². The molecule has 1 heterocycles. The van der Waals surface area contributed by atoms with E-state index in [2.05, 4.69) is 21.0 Å². The maximum absolute atomic E-state index is 11.0. The van der Waals surface area contributed by atoms with Crippen LogP contribution in [-0.4, -0.2) is 24.5 Å². The lowest BCUT2D eigenvalue weighted by molar-refractivity contribution is -0.118. The molecule has 0 spiro atoms.